The van der Waals surface area contributed by atoms with Crippen molar-refractivity contribution in [3.63, 3.8) is 0 Å². The van der Waals surface area contributed by atoms with Gasteiger partial charge in [0.15, 0.2) is 0 Å². The van der Waals surface area contributed by atoms with Crippen molar-refractivity contribution in [1.82, 2.24) is 5.32 Å². The number of amides is 1. The molecule has 0 saturated carbocycles. The summed E-state index contributed by atoms with van der Waals surface area (Å²) in [6, 6.07) is 1.08. The van der Waals surface area contributed by atoms with E-state index in [1.807, 2.05) is 23.1 Å². The average Bonchev–Trinajstić information content (AvgIpc) is 2.76. The molecule has 0 unspecified atom stereocenters. The summed E-state index contributed by atoms with van der Waals surface area (Å²) in [6.07, 6.45) is 2.60. The van der Waals surface area contributed by atoms with Crippen LogP contribution in [0.4, 0.5) is 0 Å². The Labute approximate surface area is 108 Å². The van der Waals surface area contributed by atoms with Gasteiger partial charge in [-0.15, -0.1) is 0 Å². The van der Waals surface area contributed by atoms with E-state index in [9.17, 15) is 9.59 Å². The Balaban J connectivity index is 2.43. The summed E-state index contributed by atoms with van der Waals surface area (Å²) in [4.78, 5) is 22.5. The van der Waals surface area contributed by atoms with Crippen molar-refractivity contribution in [2.24, 2.45) is 0 Å². The standard InChI is InChI=1S/C11H15NO3S2/c1-16-4-3-9(11(14)15)12-10(13)6-8-2-5-17-7-8/h2,5,7,9H,3-4,6H2,1H3,(H,12,13)(H,14,15)/t9-/m1/s1. The highest BCUT2D eigenvalue weighted by Gasteiger charge is 2.19. The van der Waals surface area contributed by atoms with E-state index in [0.717, 1.165) is 11.3 Å². The van der Waals surface area contributed by atoms with Gasteiger partial charge in [-0.2, -0.15) is 23.1 Å². The molecular weight excluding hydrogens is 258 g/mol. The Kier molecular flexibility index (Phi) is 6.07. The van der Waals surface area contributed by atoms with E-state index >= 15 is 0 Å². The first-order chi connectivity index (χ1) is 8.13. The summed E-state index contributed by atoms with van der Waals surface area (Å²) in [5, 5.41) is 15.3. The summed E-state index contributed by atoms with van der Waals surface area (Å²) >= 11 is 3.09. The molecular formula is C11H15NO3S2. The summed E-state index contributed by atoms with van der Waals surface area (Å²) in [6.45, 7) is 0. The van der Waals surface area contributed by atoms with E-state index in [4.69, 9.17) is 5.11 Å². The second-order valence-electron chi connectivity index (χ2n) is 3.55. The van der Waals surface area contributed by atoms with Gasteiger partial charge in [0, 0.05) is 0 Å². The zero-order valence-corrected chi connectivity index (χ0v) is 11.1. The zero-order valence-electron chi connectivity index (χ0n) is 9.51. The van der Waals surface area contributed by atoms with E-state index in [1.165, 1.54) is 11.3 Å². The fraction of sp³-hybridized carbons (Fsp3) is 0.455. The summed E-state index contributed by atoms with van der Waals surface area (Å²) in [5.41, 5.74) is 0.918. The second kappa shape index (κ2) is 7.34. The fourth-order valence-corrected chi connectivity index (χ4v) is 2.46. The van der Waals surface area contributed by atoms with Crippen molar-refractivity contribution in [2.45, 2.75) is 18.9 Å². The number of carboxylic acid groups (broad SMARTS) is 1. The van der Waals surface area contributed by atoms with Gasteiger partial charge in [-0.3, -0.25) is 4.79 Å². The molecule has 1 aromatic rings. The Hall–Kier alpha value is -1.01. The minimum Gasteiger partial charge on any atom is -0.480 e. The topological polar surface area (TPSA) is 66.4 Å². The molecule has 0 bridgehead atoms. The molecule has 94 valence electrons. The van der Waals surface area contributed by atoms with Crippen molar-refractivity contribution in [3.8, 4) is 0 Å². The molecule has 0 aliphatic carbocycles. The molecule has 0 aromatic carbocycles. The normalized spacial score (nSPS) is 12.1. The molecule has 0 radical (unpaired) electrons. The van der Waals surface area contributed by atoms with Crippen molar-refractivity contribution >= 4 is 35.0 Å². The van der Waals surface area contributed by atoms with E-state index in [2.05, 4.69) is 5.32 Å². The third-order valence-corrected chi connectivity index (χ3v) is 3.56. The van der Waals surface area contributed by atoms with Crippen molar-refractivity contribution in [2.75, 3.05) is 12.0 Å². The van der Waals surface area contributed by atoms with Gasteiger partial charge in [-0.25, -0.2) is 4.79 Å². The maximum atomic E-state index is 11.6. The van der Waals surface area contributed by atoms with Crippen LogP contribution in [0.3, 0.4) is 0 Å². The number of carbonyl (C=O) groups excluding carboxylic acids is 1. The predicted molar refractivity (Wildman–Crippen MR) is 70.6 cm³/mol. The fourth-order valence-electron chi connectivity index (χ4n) is 1.32. The first kappa shape index (κ1) is 14.1. The maximum Gasteiger partial charge on any atom is 0.326 e. The van der Waals surface area contributed by atoms with Gasteiger partial charge in [-0.1, -0.05) is 0 Å². The molecule has 0 aliphatic heterocycles. The van der Waals surface area contributed by atoms with Gasteiger partial charge >= 0.3 is 5.97 Å². The van der Waals surface area contributed by atoms with E-state index < -0.39 is 12.0 Å². The minimum atomic E-state index is -0.974. The number of carboxylic acids is 1. The third-order valence-electron chi connectivity index (χ3n) is 2.19. The molecule has 1 atom stereocenters. The monoisotopic (exact) mass is 273 g/mol. The van der Waals surface area contributed by atoms with Crippen LogP contribution in [0.5, 0.6) is 0 Å². The molecule has 17 heavy (non-hydrogen) atoms. The molecule has 0 aliphatic rings. The first-order valence-corrected chi connectivity index (χ1v) is 7.49. The third kappa shape index (κ3) is 5.23. The van der Waals surface area contributed by atoms with Crippen molar-refractivity contribution in [3.05, 3.63) is 22.4 Å². The molecule has 4 nitrogen and oxygen atoms in total. The molecule has 0 saturated heterocycles. The Morgan fingerprint density at radius 2 is 2.35 bits per heavy atom. The van der Waals surface area contributed by atoms with Crippen LogP contribution in [-0.2, 0) is 16.0 Å². The second-order valence-corrected chi connectivity index (χ2v) is 5.31. The summed E-state index contributed by atoms with van der Waals surface area (Å²) in [5.74, 6) is -0.495. The molecule has 1 aromatic heterocycles. The van der Waals surface area contributed by atoms with Gasteiger partial charge in [0.25, 0.3) is 0 Å². The lowest BCUT2D eigenvalue weighted by Crippen LogP contribution is -2.41. The van der Waals surface area contributed by atoms with Crippen LogP contribution in [0.15, 0.2) is 16.8 Å². The number of thiophene rings is 1. The van der Waals surface area contributed by atoms with Crippen LogP contribution in [0.25, 0.3) is 0 Å². The van der Waals surface area contributed by atoms with E-state index in [1.54, 1.807) is 11.8 Å². The van der Waals surface area contributed by atoms with Gasteiger partial charge < -0.3 is 10.4 Å². The lowest BCUT2D eigenvalue weighted by atomic mass is 10.2. The predicted octanol–water partition coefficient (Wildman–Crippen LogP) is 1.61. The van der Waals surface area contributed by atoms with Crippen LogP contribution in [-0.4, -0.2) is 35.0 Å². The van der Waals surface area contributed by atoms with Gasteiger partial charge in [-0.05, 0) is 40.8 Å². The van der Waals surface area contributed by atoms with Crippen LogP contribution < -0.4 is 5.32 Å². The van der Waals surface area contributed by atoms with Crippen molar-refractivity contribution < 1.29 is 14.7 Å². The maximum absolute atomic E-state index is 11.6. The van der Waals surface area contributed by atoms with Crippen LogP contribution in [0.1, 0.15) is 12.0 Å². The molecule has 2 N–H and O–H groups in total. The van der Waals surface area contributed by atoms with Crippen LogP contribution >= 0.6 is 23.1 Å². The Bertz CT molecular complexity index is 365. The molecule has 1 amide bonds. The Morgan fingerprint density at radius 1 is 1.59 bits per heavy atom. The summed E-state index contributed by atoms with van der Waals surface area (Å²) < 4.78 is 0. The molecule has 1 heterocycles. The van der Waals surface area contributed by atoms with Gasteiger partial charge in [0.05, 0.1) is 6.42 Å². The smallest absolute Gasteiger partial charge is 0.326 e. The minimum absolute atomic E-state index is 0.239. The number of aliphatic carboxylic acids is 1. The first-order valence-electron chi connectivity index (χ1n) is 5.15. The quantitative estimate of drug-likeness (QED) is 0.792. The Morgan fingerprint density at radius 3 is 2.88 bits per heavy atom. The van der Waals surface area contributed by atoms with Gasteiger partial charge in [0.2, 0.25) is 5.91 Å². The molecule has 0 spiro atoms. The number of carbonyl (C=O) groups is 2. The molecule has 6 heteroatoms. The molecule has 1 rings (SSSR count). The highest BCUT2D eigenvalue weighted by atomic mass is 32.2. The zero-order chi connectivity index (χ0) is 12.7. The highest BCUT2D eigenvalue weighted by molar-refractivity contribution is 7.98. The number of hydrogen-bond acceptors (Lipinski definition) is 4. The SMILES string of the molecule is CSCC[C@@H](NC(=O)Cc1ccsc1)C(=O)O. The van der Waals surface area contributed by atoms with Crippen molar-refractivity contribution in [1.29, 1.82) is 0 Å². The van der Waals surface area contributed by atoms with E-state index in [-0.39, 0.29) is 12.3 Å². The van der Waals surface area contributed by atoms with Crippen LogP contribution in [0, 0.1) is 0 Å². The average molecular weight is 273 g/mol. The largest absolute Gasteiger partial charge is 0.480 e. The van der Waals surface area contributed by atoms with E-state index in [0.29, 0.717) is 6.42 Å². The number of rotatable bonds is 7. The number of hydrogen-bond donors (Lipinski definition) is 2. The van der Waals surface area contributed by atoms with Crippen LogP contribution in [0.2, 0.25) is 0 Å². The lowest BCUT2D eigenvalue weighted by Gasteiger charge is -2.13. The number of thioether (sulfide) groups is 1. The lowest BCUT2D eigenvalue weighted by molar-refractivity contribution is -0.141. The number of nitrogens with one attached hydrogen (secondary N) is 1. The summed E-state index contributed by atoms with van der Waals surface area (Å²) in [7, 11) is 0. The highest BCUT2D eigenvalue weighted by Crippen LogP contribution is 2.07. The molecule has 0 fully saturated rings. The van der Waals surface area contributed by atoms with Gasteiger partial charge in [0.1, 0.15) is 6.04 Å².